The fraction of sp³-hybridized carbons (Fsp3) is 0.286. The van der Waals surface area contributed by atoms with Gasteiger partial charge in [0.1, 0.15) is 23.7 Å². The summed E-state index contributed by atoms with van der Waals surface area (Å²) in [5.41, 5.74) is 1.10. The number of nitrogens with one attached hydrogen (secondary N) is 1. The van der Waals surface area contributed by atoms with Gasteiger partial charge in [0, 0.05) is 24.6 Å². The van der Waals surface area contributed by atoms with E-state index in [4.69, 9.17) is 14.6 Å². The normalized spacial score (nSPS) is 10.4. The largest absolute Gasteiger partial charge is 0.497 e. The molecular weight excluding hydrogens is 276 g/mol. The van der Waals surface area contributed by atoms with Crippen molar-refractivity contribution in [3.05, 3.63) is 23.9 Å². The third kappa shape index (κ3) is 2.76. The Morgan fingerprint density at radius 1 is 1.24 bits per heavy atom. The van der Waals surface area contributed by atoms with E-state index in [1.54, 1.807) is 36.9 Å². The Morgan fingerprint density at radius 3 is 2.52 bits per heavy atom. The molecule has 0 atom stereocenters. The van der Waals surface area contributed by atoms with Gasteiger partial charge in [-0.1, -0.05) is 0 Å². The number of hydrogen-bond donors (Lipinski definition) is 2. The number of carboxylic acid groups (broad SMARTS) is 1. The highest BCUT2D eigenvalue weighted by atomic mass is 16.5. The van der Waals surface area contributed by atoms with Gasteiger partial charge in [-0.25, -0.2) is 0 Å². The Hall–Kier alpha value is -2.70. The third-order valence-corrected chi connectivity index (χ3v) is 3.19. The summed E-state index contributed by atoms with van der Waals surface area (Å²) in [5, 5.41) is 11.7. The number of rotatable bonds is 5. The Bertz CT molecular complexity index is 705. The van der Waals surface area contributed by atoms with Crippen molar-refractivity contribution < 1.29 is 24.2 Å². The highest BCUT2D eigenvalue weighted by molar-refractivity contribution is 6.01. The minimum atomic E-state index is -1.10. The van der Waals surface area contributed by atoms with Gasteiger partial charge in [-0.05, 0) is 6.07 Å². The zero-order chi connectivity index (χ0) is 15.6. The quantitative estimate of drug-likeness (QED) is 0.858. The number of benzene rings is 1. The molecule has 1 amide bonds. The number of aromatic nitrogens is 1. The fourth-order valence-corrected chi connectivity index (χ4v) is 2.12. The second kappa shape index (κ2) is 5.74. The van der Waals surface area contributed by atoms with Gasteiger partial charge in [0.25, 0.3) is 5.91 Å². The van der Waals surface area contributed by atoms with Crippen LogP contribution in [0, 0.1) is 0 Å². The maximum Gasteiger partial charge on any atom is 0.322 e. The minimum Gasteiger partial charge on any atom is -0.497 e. The van der Waals surface area contributed by atoms with Crippen LogP contribution in [-0.4, -0.2) is 42.3 Å². The molecule has 0 radical (unpaired) electrons. The number of aliphatic carboxylic acids is 1. The molecule has 0 bridgehead atoms. The van der Waals surface area contributed by atoms with Gasteiger partial charge in [-0.3, -0.25) is 9.59 Å². The first-order chi connectivity index (χ1) is 9.97. The van der Waals surface area contributed by atoms with E-state index >= 15 is 0 Å². The van der Waals surface area contributed by atoms with Crippen LogP contribution < -0.4 is 14.8 Å². The van der Waals surface area contributed by atoms with E-state index in [0.29, 0.717) is 17.2 Å². The van der Waals surface area contributed by atoms with Gasteiger partial charge in [0.15, 0.2) is 0 Å². The van der Waals surface area contributed by atoms with Crippen molar-refractivity contribution in [2.24, 2.45) is 7.05 Å². The lowest BCUT2D eigenvalue weighted by Gasteiger charge is -2.07. The third-order valence-electron chi connectivity index (χ3n) is 3.19. The van der Waals surface area contributed by atoms with E-state index in [0.717, 1.165) is 10.9 Å². The van der Waals surface area contributed by atoms with Gasteiger partial charge in [-0.2, -0.15) is 0 Å². The zero-order valence-corrected chi connectivity index (χ0v) is 12.0. The molecule has 2 N–H and O–H groups in total. The first-order valence-electron chi connectivity index (χ1n) is 6.19. The number of amides is 1. The van der Waals surface area contributed by atoms with Gasteiger partial charge in [0.2, 0.25) is 0 Å². The summed E-state index contributed by atoms with van der Waals surface area (Å²) in [5.74, 6) is -0.367. The molecule has 0 aliphatic carbocycles. The molecule has 0 unspecified atom stereocenters. The molecule has 0 fully saturated rings. The molecule has 0 aliphatic heterocycles. The summed E-state index contributed by atoms with van der Waals surface area (Å²) >= 11 is 0. The van der Waals surface area contributed by atoms with Crippen LogP contribution in [0.3, 0.4) is 0 Å². The maximum atomic E-state index is 12.0. The van der Waals surface area contributed by atoms with E-state index in [9.17, 15) is 9.59 Å². The SMILES string of the molecule is COc1cc(OC)c2cc(C(=O)NCC(=O)O)n(C)c2c1. The average Bonchev–Trinajstić information content (AvgIpc) is 2.81. The molecule has 112 valence electrons. The summed E-state index contributed by atoms with van der Waals surface area (Å²) in [6.45, 7) is -0.430. The Kier molecular flexibility index (Phi) is 4.02. The summed E-state index contributed by atoms with van der Waals surface area (Å²) < 4.78 is 12.2. The van der Waals surface area contributed by atoms with Crippen LogP contribution in [0.1, 0.15) is 10.5 Å². The van der Waals surface area contributed by atoms with Crippen molar-refractivity contribution in [3.63, 3.8) is 0 Å². The summed E-state index contributed by atoms with van der Waals surface area (Å²) in [6, 6.07) is 5.16. The summed E-state index contributed by atoms with van der Waals surface area (Å²) in [4.78, 5) is 22.5. The molecule has 1 heterocycles. The van der Waals surface area contributed by atoms with Crippen LogP contribution in [0.25, 0.3) is 10.9 Å². The molecular formula is C14H16N2O5. The number of nitrogens with zero attached hydrogens (tertiary/aromatic N) is 1. The van der Waals surface area contributed by atoms with Gasteiger partial charge >= 0.3 is 5.97 Å². The monoisotopic (exact) mass is 292 g/mol. The highest BCUT2D eigenvalue weighted by Crippen LogP contribution is 2.33. The summed E-state index contributed by atoms with van der Waals surface area (Å²) in [7, 11) is 4.80. The molecule has 1 aromatic carbocycles. The van der Waals surface area contributed by atoms with E-state index in [1.807, 2.05) is 0 Å². The minimum absolute atomic E-state index is 0.345. The number of hydrogen-bond acceptors (Lipinski definition) is 4. The van der Waals surface area contributed by atoms with Crippen LogP contribution in [0.2, 0.25) is 0 Å². The smallest absolute Gasteiger partial charge is 0.322 e. The average molecular weight is 292 g/mol. The van der Waals surface area contributed by atoms with Crippen LogP contribution in [-0.2, 0) is 11.8 Å². The van der Waals surface area contributed by atoms with Crippen molar-refractivity contribution in [3.8, 4) is 11.5 Å². The number of carbonyl (C=O) groups is 2. The van der Waals surface area contributed by atoms with Gasteiger partial charge in [-0.15, -0.1) is 0 Å². The van der Waals surface area contributed by atoms with Crippen LogP contribution in [0.4, 0.5) is 0 Å². The first-order valence-corrected chi connectivity index (χ1v) is 6.19. The molecule has 0 spiro atoms. The molecule has 0 aliphatic rings. The van der Waals surface area contributed by atoms with Crippen molar-refractivity contribution in [2.75, 3.05) is 20.8 Å². The predicted molar refractivity (Wildman–Crippen MR) is 76.0 cm³/mol. The molecule has 1 aromatic heterocycles. The lowest BCUT2D eigenvalue weighted by atomic mass is 10.2. The molecule has 7 nitrogen and oxygen atoms in total. The van der Waals surface area contributed by atoms with E-state index in [2.05, 4.69) is 5.32 Å². The molecule has 0 saturated carbocycles. The molecule has 2 rings (SSSR count). The van der Waals surface area contributed by atoms with Crippen LogP contribution in [0.5, 0.6) is 11.5 Å². The number of fused-ring (bicyclic) bond motifs is 1. The van der Waals surface area contributed by atoms with E-state index in [-0.39, 0.29) is 0 Å². The van der Waals surface area contributed by atoms with E-state index < -0.39 is 18.4 Å². The highest BCUT2D eigenvalue weighted by Gasteiger charge is 2.17. The van der Waals surface area contributed by atoms with Crippen molar-refractivity contribution in [1.29, 1.82) is 0 Å². The number of aryl methyl sites for hydroxylation is 1. The second-order valence-corrected chi connectivity index (χ2v) is 4.43. The summed E-state index contributed by atoms with van der Waals surface area (Å²) in [6.07, 6.45) is 0. The molecule has 21 heavy (non-hydrogen) atoms. The zero-order valence-electron chi connectivity index (χ0n) is 12.0. The van der Waals surface area contributed by atoms with Gasteiger partial charge in [0.05, 0.1) is 19.7 Å². The van der Waals surface area contributed by atoms with Crippen molar-refractivity contribution in [1.82, 2.24) is 9.88 Å². The first kappa shape index (κ1) is 14.7. The maximum absolute atomic E-state index is 12.0. The lowest BCUT2D eigenvalue weighted by Crippen LogP contribution is -2.30. The van der Waals surface area contributed by atoms with Crippen LogP contribution >= 0.6 is 0 Å². The number of carboxylic acids is 1. The number of methoxy groups -OCH3 is 2. The van der Waals surface area contributed by atoms with Gasteiger partial charge < -0.3 is 24.5 Å². The Labute approximate surface area is 121 Å². The number of ether oxygens (including phenoxy) is 2. The lowest BCUT2D eigenvalue weighted by molar-refractivity contribution is -0.135. The Balaban J connectivity index is 2.49. The van der Waals surface area contributed by atoms with Crippen molar-refractivity contribution >= 4 is 22.8 Å². The molecule has 7 heteroatoms. The Morgan fingerprint density at radius 2 is 1.95 bits per heavy atom. The van der Waals surface area contributed by atoms with Crippen LogP contribution in [0.15, 0.2) is 18.2 Å². The van der Waals surface area contributed by atoms with E-state index in [1.165, 1.54) is 7.11 Å². The molecule has 0 saturated heterocycles. The number of carbonyl (C=O) groups excluding carboxylic acids is 1. The topological polar surface area (TPSA) is 89.8 Å². The second-order valence-electron chi connectivity index (χ2n) is 4.43. The molecule has 2 aromatic rings. The predicted octanol–water partition coefficient (Wildman–Crippen LogP) is 1.01. The standard InChI is InChI=1S/C14H16N2O5/c1-16-10-4-8(20-2)5-12(21-3)9(10)6-11(16)14(19)15-7-13(17)18/h4-6H,7H2,1-3H3,(H,15,19)(H,17,18). The fourth-order valence-electron chi connectivity index (χ4n) is 2.12. The van der Waals surface area contributed by atoms with Crippen molar-refractivity contribution in [2.45, 2.75) is 0 Å².